The van der Waals surface area contributed by atoms with Gasteiger partial charge in [0.25, 0.3) is 0 Å². The molecule has 0 radical (unpaired) electrons. The third-order valence-electron chi connectivity index (χ3n) is 2.71. The molecule has 0 aromatic rings. The van der Waals surface area contributed by atoms with Gasteiger partial charge in [-0.15, -0.1) is 0 Å². The molecule has 0 saturated carbocycles. The van der Waals surface area contributed by atoms with Gasteiger partial charge in [0.1, 0.15) is 0 Å². The third kappa shape index (κ3) is 8.66. The predicted octanol–water partition coefficient (Wildman–Crippen LogP) is 2.05. The molecule has 6 heteroatoms. The van der Waals surface area contributed by atoms with Crippen molar-refractivity contribution in [2.24, 2.45) is 11.3 Å². The fourth-order valence-electron chi connectivity index (χ4n) is 1.93. The molecule has 0 aliphatic carbocycles. The second-order valence-corrected chi connectivity index (χ2v) is 5.34. The van der Waals surface area contributed by atoms with Gasteiger partial charge in [-0.05, 0) is 24.2 Å². The monoisotopic (exact) mass is 260 g/mol. The summed E-state index contributed by atoms with van der Waals surface area (Å²) in [4.78, 5) is 21.3. The molecular formula is C12H24N2O4. The Kier molecular flexibility index (Phi) is 7.16. The minimum atomic E-state index is -0.992. The van der Waals surface area contributed by atoms with Crippen LogP contribution in [0.5, 0.6) is 0 Å². The molecule has 0 rings (SSSR count). The lowest BCUT2D eigenvalue weighted by molar-refractivity contribution is 0.161. The zero-order valence-electron chi connectivity index (χ0n) is 11.6. The van der Waals surface area contributed by atoms with E-state index in [2.05, 4.69) is 36.1 Å². The first kappa shape index (κ1) is 16.5. The number of carbonyl (C=O) groups is 2. The van der Waals surface area contributed by atoms with E-state index in [-0.39, 0.29) is 5.41 Å². The molecule has 6 nitrogen and oxygen atoms in total. The first-order valence-electron chi connectivity index (χ1n) is 6.05. The van der Waals surface area contributed by atoms with Crippen molar-refractivity contribution < 1.29 is 19.4 Å². The maximum absolute atomic E-state index is 11.0. The average Bonchev–Trinajstić information content (AvgIpc) is 2.24. The molecule has 1 atom stereocenters. The standard InChI is InChI=1S/C12H24N2O4/c1-9(5-6-13-10(15)16)7-12(2,3)8-14-11(17)18-4/h9,13H,5-8H2,1-4H3,(H,14,17)(H,15,16). The van der Waals surface area contributed by atoms with E-state index in [1.165, 1.54) is 7.11 Å². The van der Waals surface area contributed by atoms with Crippen molar-refractivity contribution >= 4 is 12.2 Å². The largest absolute Gasteiger partial charge is 0.465 e. The molecule has 2 amide bonds. The Bertz CT molecular complexity index is 279. The van der Waals surface area contributed by atoms with E-state index in [1.807, 2.05) is 0 Å². The van der Waals surface area contributed by atoms with E-state index in [1.54, 1.807) is 0 Å². The molecule has 0 bridgehead atoms. The SMILES string of the molecule is COC(=O)NCC(C)(C)CC(C)CCNC(=O)O. The second kappa shape index (κ2) is 7.79. The lowest BCUT2D eigenvalue weighted by Crippen LogP contribution is -2.35. The minimum Gasteiger partial charge on any atom is -0.465 e. The second-order valence-electron chi connectivity index (χ2n) is 5.34. The highest BCUT2D eigenvalue weighted by Gasteiger charge is 2.22. The number of amides is 2. The molecule has 106 valence electrons. The highest BCUT2D eigenvalue weighted by Crippen LogP contribution is 2.26. The average molecular weight is 260 g/mol. The lowest BCUT2D eigenvalue weighted by Gasteiger charge is -2.28. The van der Waals surface area contributed by atoms with Crippen LogP contribution < -0.4 is 10.6 Å². The molecule has 0 spiro atoms. The van der Waals surface area contributed by atoms with Gasteiger partial charge in [-0.25, -0.2) is 9.59 Å². The summed E-state index contributed by atoms with van der Waals surface area (Å²) in [6.45, 7) is 7.19. The summed E-state index contributed by atoms with van der Waals surface area (Å²) in [5, 5.41) is 13.5. The number of carboxylic acid groups (broad SMARTS) is 1. The maximum atomic E-state index is 11.0. The van der Waals surface area contributed by atoms with Crippen LogP contribution in [-0.4, -0.2) is 37.5 Å². The topological polar surface area (TPSA) is 87.7 Å². The van der Waals surface area contributed by atoms with Gasteiger partial charge in [-0.3, -0.25) is 0 Å². The zero-order chi connectivity index (χ0) is 14.2. The third-order valence-corrected chi connectivity index (χ3v) is 2.71. The number of methoxy groups -OCH3 is 1. The fraction of sp³-hybridized carbons (Fsp3) is 0.833. The molecule has 0 saturated heterocycles. The highest BCUT2D eigenvalue weighted by molar-refractivity contribution is 5.66. The molecule has 0 aromatic heterocycles. The Hall–Kier alpha value is -1.46. The van der Waals surface area contributed by atoms with Crippen LogP contribution in [0, 0.1) is 11.3 Å². The van der Waals surface area contributed by atoms with Crippen LogP contribution in [0.1, 0.15) is 33.6 Å². The number of nitrogens with one attached hydrogen (secondary N) is 2. The first-order valence-corrected chi connectivity index (χ1v) is 6.05. The van der Waals surface area contributed by atoms with Gasteiger partial charge in [0.05, 0.1) is 7.11 Å². The summed E-state index contributed by atoms with van der Waals surface area (Å²) in [5.41, 5.74) is -0.0448. The van der Waals surface area contributed by atoms with Gasteiger partial charge in [0.2, 0.25) is 0 Å². The molecule has 0 fully saturated rings. The van der Waals surface area contributed by atoms with Crippen LogP contribution >= 0.6 is 0 Å². The van der Waals surface area contributed by atoms with Crippen molar-refractivity contribution in [3.63, 3.8) is 0 Å². The summed E-state index contributed by atoms with van der Waals surface area (Å²) in [5.74, 6) is 0.381. The van der Waals surface area contributed by atoms with E-state index in [9.17, 15) is 9.59 Å². The first-order chi connectivity index (χ1) is 8.26. The van der Waals surface area contributed by atoms with Gasteiger partial charge in [-0.2, -0.15) is 0 Å². The number of carbonyl (C=O) groups excluding carboxylic acids is 1. The number of alkyl carbamates (subject to hydrolysis) is 1. The lowest BCUT2D eigenvalue weighted by atomic mass is 9.82. The van der Waals surface area contributed by atoms with Crippen LogP contribution in [0.25, 0.3) is 0 Å². The van der Waals surface area contributed by atoms with Gasteiger partial charge >= 0.3 is 12.2 Å². The molecule has 0 heterocycles. The number of ether oxygens (including phenoxy) is 1. The number of hydrogen-bond acceptors (Lipinski definition) is 3. The smallest absolute Gasteiger partial charge is 0.406 e. The normalized spacial score (nSPS) is 12.7. The van der Waals surface area contributed by atoms with Crippen LogP contribution in [0.4, 0.5) is 9.59 Å². The summed E-state index contributed by atoms with van der Waals surface area (Å²) < 4.78 is 4.52. The van der Waals surface area contributed by atoms with Crippen LogP contribution in [-0.2, 0) is 4.74 Å². The molecule has 0 aliphatic heterocycles. The minimum absolute atomic E-state index is 0.0448. The van der Waals surface area contributed by atoms with E-state index < -0.39 is 12.2 Å². The van der Waals surface area contributed by atoms with Gasteiger partial charge in [-0.1, -0.05) is 20.8 Å². The number of rotatable bonds is 7. The molecule has 3 N–H and O–H groups in total. The van der Waals surface area contributed by atoms with E-state index in [0.29, 0.717) is 19.0 Å². The maximum Gasteiger partial charge on any atom is 0.406 e. The van der Waals surface area contributed by atoms with Crippen molar-refractivity contribution in [1.82, 2.24) is 10.6 Å². The molecular weight excluding hydrogens is 236 g/mol. The Morgan fingerprint density at radius 2 is 1.94 bits per heavy atom. The van der Waals surface area contributed by atoms with Crippen molar-refractivity contribution in [1.29, 1.82) is 0 Å². The Balaban J connectivity index is 3.91. The van der Waals surface area contributed by atoms with Crippen molar-refractivity contribution in [3.05, 3.63) is 0 Å². The summed E-state index contributed by atoms with van der Waals surface area (Å²) in [6.07, 6.45) is 0.267. The zero-order valence-corrected chi connectivity index (χ0v) is 11.6. The summed E-state index contributed by atoms with van der Waals surface area (Å²) in [7, 11) is 1.34. The quantitative estimate of drug-likeness (QED) is 0.653. The van der Waals surface area contributed by atoms with Crippen molar-refractivity contribution in [2.45, 2.75) is 33.6 Å². The predicted molar refractivity (Wildman–Crippen MR) is 68.6 cm³/mol. The Morgan fingerprint density at radius 3 is 2.44 bits per heavy atom. The van der Waals surface area contributed by atoms with Gasteiger partial charge < -0.3 is 20.5 Å². The molecule has 1 unspecified atom stereocenters. The fourth-order valence-corrected chi connectivity index (χ4v) is 1.93. The highest BCUT2D eigenvalue weighted by atomic mass is 16.5. The van der Waals surface area contributed by atoms with Crippen LogP contribution in [0.2, 0.25) is 0 Å². The Labute approximate surface area is 108 Å². The Morgan fingerprint density at radius 1 is 1.33 bits per heavy atom. The number of hydrogen-bond donors (Lipinski definition) is 3. The summed E-state index contributed by atoms with van der Waals surface area (Å²) in [6, 6.07) is 0. The van der Waals surface area contributed by atoms with Gasteiger partial charge in [0, 0.05) is 13.1 Å². The van der Waals surface area contributed by atoms with Crippen LogP contribution in [0.3, 0.4) is 0 Å². The molecule has 0 aliphatic rings. The summed E-state index contributed by atoms with van der Waals surface area (Å²) >= 11 is 0. The van der Waals surface area contributed by atoms with Crippen LogP contribution in [0.15, 0.2) is 0 Å². The van der Waals surface area contributed by atoms with E-state index >= 15 is 0 Å². The molecule has 18 heavy (non-hydrogen) atoms. The van der Waals surface area contributed by atoms with Crippen molar-refractivity contribution in [2.75, 3.05) is 20.2 Å². The van der Waals surface area contributed by atoms with E-state index in [4.69, 9.17) is 5.11 Å². The molecule has 0 aromatic carbocycles. The van der Waals surface area contributed by atoms with Crippen molar-refractivity contribution in [3.8, 4) is 0 Å². The van der Waals surface area contributed by atoms with E-state index in [0.717, 1.165) is 12.8 Å². The van der Waals surface area contributed by atoms with Gasteiger partial charge in [0.15, 0.2) is 0 Å².